The monoisotopic (exact) mass is 394 g/mol. The second kappa shape index (κ2) is 8.99. The van der Waals surface area contributed by atoms with Gasteiger partial charge < -0.3 is 10.6 Å². The summed E-state index contributed by atoms with van der Waals surface area (Å²) in [6, 6.07) is 6.27. The molecule has 1 fully saturated rings. The second-order valence-electron chi connectivity index (χ2n) is 5.29. The van der Waals surface area contributed by atoms with Crippen LogP contribution in [0.1, 0.15) is 31.7 Å². The van der Waals surface area contributed by atoms with Crippen LogP contribution in [0.3, 0.4) is 0 Å². The zero-order valence-electron chi connectivity index (χ0n) is 12.0. The summed E-state index contributed by atoms with van der Waals surface area (Å²) in [7, 11) is 0. The highest BCUT2D eigenvalue weighted by Gasteiger charge is 2.22. The van der Waals surface area contributed by atoms with Crippen LogP contribution in [-0.2, 0) is 11.2 Å². The quantitative estimate of drug-likeness (QED) is 0.815. The number of halogens is 3. The van der Waals surface area contributed by atoms with E-state index in [0.29, 0.717) is 23.9 Å². The average molecular weight is 396 g/mol. The van der Waals surface area contributed by atoms with E-state index >= 15 is 0 Å². The fraction of sp³-hybridized carbons (Fsp3) is 0.533. The normalized spacial score (nSPS) is 21.5. The van der Waals surface area contributed by atoms with E-state index in [4.69, 9.17) is 11.6 Å². The number of carbonyl (C=O) groups excluding carboxylic acids is 1. The van der Waals surface area contributed by atoms with Crippen molar-refractivity contribution in [1.82, 2.24) is 10.6 Å². The molecule has 2 unspecified atom stereocenters. The van der Waals surface area contributed by atoms with E-state index in [2.05, 4.69) is 33.5 Å². The number of nitrogens with one attached hydrogen (secondary N) is 2. The van der Waals surface area contributed by atoms with Gasteiger partial charge in [0.1, 0.15) is 0 Å². The van der Waals surface area contributed by atoms with Gasteiger partial charge in [-0.2, -0.15) is 0 Å². The third-order valence-corrected chi connectivity index (χ3v) is 4.75. The molecule has 0 spiro atoms. The van der Waals surface area contributed by atoms with E-state index in [0.717, 1.165) is 29.4 Å². The summed E-state index contributed by atoms with van der Waals surface area (Å²) in [5, 5.41) is 7.21. The first-order chi connectivity index (χ1) is 9.56. The van der Waals surface area contributed by atoms with E-state index in [1.165, 1.54) is 0 Å². The Morgan fingerprint density at radius 1 is 1.52 bits per heavy atom. The van der Waals surface area contributed by atoms with Crippen molar-refractivity contribution < 1.29 is 4.79 Å². The molecule has 1 saturated heterocycles. The molecule has 2 atom stereocenters. The van der Waals surface area contributed by atoms with E-state index in [1.807, 2.05) is 18.2 Å². The zero-order chi connectivity index (χ0) is 14.5. The molecule has 1 heterocycles. The molecule has 1 aromatic carbocycles. The zero-order valence-corrected chi connectivity index (χ0v) is 15.2. The molecule has 6 heteroatoms. The van der Waals surface area contributed by atoms with E-state index in [9.17, 15) is 4.79 Å². The van der Waals surface area contributed by atoms with E-state index < -0.39 is 0 Å². The van der Waals surface area contributed by atoms with Crippen molar-refractivity contribution >= 4 is 45.8 Å². The number of benzene rings is 1. The van der Waals surface area contributed by atoms with Crippen molar-refractivity contribution in [2.24, 2.45) is 0 Å². The van der Waals surface area contributed by atoms with Crippen LogP contribution in [0.2, 0.25) is 5.02 Å². The summed E-state index contributed by atoms with van der Waals surface area (Å²) in [6.07, 6.45) is 3.36. The first-order valence-corrected chi connectivity index (χ1v) is 8.20. The number of hydrogen-bond donors (Lipinski definition) is 2. The minimum absolute atomic E-state index is 0. The minimum Gasteiger partial charge on any atom is -0.352 e. The third kappa shape index (κ3) is 5.78. The fourth-order valence-corrected chi connectivity index (χ4v) is 3.14. The van der Waals surface area contributed by atoms with Crippen molar-refractivity contribution in [3.63, 3.8) is 0 Å². The molecule has 2 rings (SSSR count). The Bertz CT molecular complexity index is 485. The summed E-state index contributed by atoms with van der Waals surface area (Å²) in [5.41, 5.74) is 1.07. The highest BCUT2D eigenvalue weighted by atomic mass is 79.9. The number of aryl methyl sites for hydroxylation is 1. The molecule has 2 N–H and O–H groups in total. The Morgan fingerprint density at radius 3 is 3.00 bits per heavy atom. The number of carbonyl (C=O) groups is 1. The van der Waals surface area contributed by atoms with Crippen molar-refractivity contribution in [1.29, 1.82) is 0 Å². The number of hydrogen-bond acceptors (Lipinski definition) is 2. The van der Waals surface area contributed by atoms with Gasteiger partial charge in [0.2, 0.25) is 5.91 Å². The molecule has 1 aliphatic heterocycles. The molecule has 0 aliphatic carbocycles. The highest BCUT2D eigenvalue weighted by molar-refractivity contribution is 9.10. The van der Waals surface area contributed by atoms with E-state index in [1.54, 1.807) is 0 Å². The average Bonchev–Trinajstić information content (AvgIpc) is 2.42. The van der Waals surface area contributed by atoms with Gasteiger partial charge >= 0.3 is 0 Å². The molecule has 0 bridgehead atoms. The number of piperidine rings is 1. The predicted octanol–water partition coefficient (Wildman–Crippen LogP) is 3.71. The summed E-state index contributed by atoms with van der Waals surface area (Å²) >= 11 is 9.47. The largest absolute Gasteiger partial charge is 0.352 e. The van der Waals surface area contributed by atoms with Gasteiger partial charge in [0.05, 0.1) is 0 Å². The molecule has 0 saturated carbocycles. The van der Waals surface area contributed by atoms with Gasteiger partial charge in [-0.1, -0.05) is 27.5 Å². The van der Waals surface area contributed by atoms with Crippen molar-refractivity contribution in [2.45, 2.75) is 44.7 Å². The fourth-order valence-electron chi connectivity index (χ4n) is 2.50. The first-order valence-electron chi connectivity index (χ1n) is 7.03. The van der Waals surface area contributed by atoms with Gasteiger partial charge in [-0.3, -0.25) is 4.79 Å². The number of amides is 1. The van der Waals surface area contributed by atoms with Crippen molar-refractivity contribution in [3.05, 3.63) is 33.3 Å². The maximum Gasteiger partial charge on any atom is 0.220 e. The first kappa shape index (κ1) is 18.8. The van der Waals surface area contributed by atoms with Crippen LogP contribution in [0.4, 0.5) is 0 Å². The molecule has 0 radical (unpaired) electrons. The van der Waals surface area contributed by atoms with Gasteiger partial charge in [0.25, 0.3) is 0 Å². The molecule has 0 aromatic heterocycles. The Hall–Kier alpha value is -0.290. The number of rotatable bonds is 4. The van der Waals surface area contributed by atoms with Crippen molar-refractivity contribution in [2.75, 3.05) is 6.54 Å². The maximum atomic E-state index is 12.0. The summed E-state index contributed by atoms with van der Waals surface area (Å²) in [4.78, 5) is 12.0. The smallest absolute Gasteiger partial charge is 0.220 e. The molecular weight excluding hydrogens is 375 g/mol. The van der Waals surface area contributed by atoms with Gasteiger partial charge in [-0.15, -0.1) is 12.4 Å². The van der Waals surface area contributed by atoms with Gasteiger partial charge in [0.15, 0.2) is 0 Å². The van der Waals surface area contributed by atoms with Crippen LogP contribution < -0.4 is 10.6 Å². The highest BCUT2D eigenvalue weighted by Crippen LogP contribution is 2.22. The molecule has 1 amide bonds. The van der Waals surface area contributed by atoms with Crippen LogP contribution in [0, 0.1) is 0 Å². The third-order valence-electron chi connectivity index (χ3n) is 3.74. The lowest BCUT2D eigenvalue weighted by Crippen LogP contribution is -2.51. The molecule has 1 aromatic rings. The lowest BCUT2D eigenvalue weighted by molar-refractivity contribution is -0.122. The second-order valence-corrected chi connectivity index (χ2v) is 6.59. The summed E-state index contributed by atoms with van der Waals surface area (Å²) < 4.78 is 1.00. The van der Waals surface area contributed by atoms with Crippen LogP contribution in [0.25, 0.3) is 0 Å². The lowest BCUT2D eigenvalue weighted by atomic mass is 9.99. The van der Waals surface area contributed by atoms with Crippen LogP contribution in [-0.4, -0.2) is 24.5 Å². The standard InChI is InChI=1S/C15H20BrClN2O.ClH/c1-10-14(3-2-8-18-10)19-15(20)7-4-11-9-12(17)5-6-13(11)16;/h5-6,9-10,14,18H,2-4,7-8H2,1H3,(H,19,20);1H. The summed E-state index contributed by atoms with van der Waals surface area (Å²) in [5.74, 6) is 0.109. The molecule has 1 aliphatic rings. The lowest BCUT2D eigenvalue weighted by Gasteiger charge is -2.30. The summed E-state index contributed by atoms with van der Waals surface area (Å²) in [6.45, 7) is 3.17. The Kier molecular flexibility index (Phi) is 8.03. The van der Waals surface area contributed by atoms with Gasteiger partial charge in [-0.25, -0.2) is 0 Å². The van der Waals surface area contributed by atoms with Crippen LogP contribution in [0.5, 0.6) is 0 Å². The molecule has 118 valence electrons. The van der Waals surface area contributed by atoms with Crippen LogP contribution in [0.15, 0.2) is 22.7 Å². The minimum atomic E-state index is 0. The van der Waals surface area contributed by atoms with Crippen LogP contribution >= 0.6 is 39.9 Å². The predicted molar refractivity (Wildman–Crippen MR) is 93.4 cm³/mol. The van der Waals surface area contributed by atoms with E-state index in [-0.39, 0.29) is 24.4 Å². The van der Waals surface area contributed by atoms with Crippen molar-refractivity contribution in [3.8, 4) is 0 Å². The maximum absolute atomic E-state index is 12.0. The Balaban J connectivity index is 0.00000220. The van der Waals surface area contributed by atoms with Gasteiger partial charge in [0, 0.05) is 28.0 Å². The van der Waals surface area contributed by atoms with Gasteiger partial charge in [-0.05, 0) is 56.5 Å². The molecule has 21 heavy (non-hydrogen) atoms. The molecule has 3 nitrogen and oxygen atoms in total. The topological polar surface area (TPSA) is 41.1 Å². The Morgan fingerprint density at radius 2 is 2.29 bits per heavy atom. The SMILES string of the molecule is CC1NCCCC1NC(=O)CCc1cc(Cl)ccc1Br.Cl. The Labute approximate surface area is 145 Å². The molecular formula is C15H21BrCl2N2O.